The number of carboxylic acids is 1. The van der Waals surface area contributed by atoms with E-state index in [-0.39, 0.29) is 19.3 Å². The van der Waals surface area contributed by atoms with Gasteiger partial charge in [-0.05, 0) is 26.3 Å². The van der Waals surface area contributed by atoms with Gasteiger partial charge in [0.15, 0.2) is 6.10 Å². The van der Waals surface area contributed by atoms with Crippen LogP contribution < -0.4 is 4.72 Å². The number of halogens is 3. The molecule has 0 aromatic rings. The number of aliphatic carboxylic acids is 1. The Labute approximate surface area is 125 Å². The van der Waals surface area contributed by atoms with E-state index in [0.29, 0.717) is 0 Å². The van der Waals surface area contributed by atoms with Gasteiger partial charge in [-0.15, -0.1) is 0 Å². The maximum atomic E-state index is 12.9. The fraction of sp³-hybridized carbons (Fsp3) is 0.750. The normalized spacial score (nSPS) is 33.0. The van der Waals surface area contributed by atoms with Gasteiger partial charge in [0, 0.05) is 5.92 Å². The van der Waals surface area contributed by atoms with Crippen LogP contribution in [-0.4, -0.2) is 50.2 Å². The summed E-state index contributed by atoms with van der Waals surface area (Å²) in [5.74, 6) is -2.37. The number of carbonyl (C=O) groups is 1. The van der Waals surface area contributed by atoms with E-state index in [1.807, 2.05) is 0 Å². The predicted molar refractivity (Wildman–Crippen MR) is 69.5 cm³/mol. The third-order valence-corrected chi connectivity index (χ3v) is 5.92. The lowest BCUT2D eigenvalue weighted by Crippen LogP contribution is -2.48. The monoisotopic (exact) mass is 343 g/mol. The Morgan fingerprint density at radius 3 is 2.55 bits per heavy atom. The van der Waals surface area contributed by atoms with Gasteiger partial charge in [0.1, 0.15) is 0 Å². The average Bonchev–Trinajstić information content (AvgIpc) is 2.44. The number of sulfonamides is 1. The molecule has 0 spiro atoms. The SMILES string of the molecule is CNS(=O)(=O)C1CCC2OC(C(F)(F)F)C(C(=O)O)=CC2C1. The van der Waals surface area contributed by atoms with E-state index in [4.69, 9.17) is 9.84 Å². The van der Waals surface area contributed by atoms with Gasteiger partial charge in [0.05, 0.1) is 16.9 Å². The van der Waals surface area contributed by atoms with Gasteiger partial charge in [0.2, 0.25) is 10.0 Å². The number of nitrogens with one attached hydrogen (secondary N) is 1. The number of carboxylic acid groups (broad SMARTS) is 1. The first-order valence-electron chi connectivity index (χ1n) is 6.65. The molecule has 1 heterocycles. The Morgan fingerprint density at radius 2 is 2.05 bits per heavy atom. The highest BCUT2D eigenvalue weighted by molar-refractivity contribution is 7.90. The second-order valence-corrected chi connectivity index (χ2v) is 7.54. The quantitative estimate of drug-likeness (QED) is 0.799. The molecule has 4 atom stereocenters. The summed E-state index contributed by atoms with van der Waals surface area (Å²) in [5, 5.41) is 8.19. The van der Waals surface area contributed by atoms with E-state index in [9.17, 15) is 26.4 Å². The Balaban J connectivity index is 2.29. The van der Waals surface area contributed by atoms with Gasteiger partial charge in [-0.3, -0.25) is 0 Å². The van der Waals surface area contributed by atoms with Gasteiger partial charge < -0.3 is 9.84 Å². The lowest BCUT2D eigenvalue weighted by atomic mass is 9.82. The zero-order chi connectivity index (χ0) is 16.7. The second-order valence-electron chi connectivity index (χ2n) is 5.37. The molecule has 2 N–H and O–H groups in total. The second kappa shape index (κ2) is 5.82. The molecule has 1 aliphatic carbocycles. The van der Waals surface area contributed by atoms with Gasteiger partial charge >= 0.3 is 12.1 Å². The molecule has 2 aliphatic rings. The number of alkyl halides is 3. The van der Waals surface area contributed by atoms with Crippen LogP contribution >= 0.6 is 0 Å². The van der Waals surface area contributed by atoms with Gasteiger partial charge in [0.25, 0.3) is 0 Å². The van der Waals surface area contributed by atoms with Crippen molar-refractivity contribution in [3.63, 3.8) is 0 Å². The highest BCUT2D eigenvalue weighted by Gasteiger charge is 2.51. The molecular weight excluding hydrogens is 327 g/mol. The van der Waals surface area contributed by atoms with Crippen LogP contribution in [0.5, 0.6) is 0 Å². The molecule has 0 aromatic carbocycles. The summed E-state index contributed by atoms with van der Waals surface area (Å²) in [4.78, 5) is 11.0. The lowest BCUT2D eigenvalue weighted by molar-refractivity contribution is -0.232. The Bertz CT molecular complexity index is 586. The topological polar surface area (TPSA) is 92.7 Å². The molecule has 1 saturated carbocycles. The molecule has 1 fully saturated rings. The van der Waals surface area contributed by atoms with Crippen molar-refractivity contribution in [2.75, 3.05) is 7.05 Å². The molecule has 10 heteroatoms. The van der Waals surface area contributed by atoms with Crippen LogP contribution in [0.3, 0.4) is 0 Å². The van der Waals surface area contributed by atoms with Crippen molar-refractivity contribution < 1.29 is 36.2 Å². The van der Waals surface area contributed by atoms with Crippen LogP contribution in [0.15, 0.2) is 11.6 Å². The first-order chi connectivity index (χ1) is 10.1. The van der Waals surface area contributed by atoms with Gasteiger partial charge in [-0.2, -0.15) is 13.2 Å². The molecule has 4 unspecified atom stereocenters. The molecule has 22 heavy (non-hydrogen) atoms. The van der Waals surface area contributed by atoms with Crippen LogP contribution in [-0.2, 0) is 19.6 Å². The molecule has 0 aromatic heterocycles. The number of ether oxygens (including phenoxy) is 1. The van der Waals surface area contributed by atoms with Crippen molar-refractivity contribution in [2.24, 2.45) is 5.92 Å². The number of fused-ring (bicyclic) bond motifs is 1. The number of hydrogen-bond donors (Lipinski definition) is 2. The molecule has 0 saturated heterocycles. The smallest absolute Gasteiger partial charge is 0.419 e. The van der Waals surface area contributed by atoms with Gasteiger partial charge in [-0.25, -0.2) is 17.9 Å². The molecule has 2 rings (SSSR count). The Kier molecular flexibility index (Phi) is 4.56. The van der Waals surface area contributed by atoms with Crippen molar-refractivity contribution in [1.29, 1.82) is 0 Å². The first kappa shape index (κ1) is 17.2. The summed E-state index contributed by atoms with van der Waals surface area (Å²) < 4.78 is 69.4. The standard InChI is InChI=1S/C12H16F3NO5S/c1-16-22(19,20)7-2-3-9-6(4-7)5-8(11(17)18)10(21-9)12(13,14)15/h5-7,9-10,16H,2-4H2,1H3,(H,17,18). The van der Waals surface area contributed by atoms with E-state index in [1.54, 1.807) is 0 Å². The minimum atomic E-state index is -4.82. The number of hydrogen-bond acceptors (Lipinski definition) is 4. The van der Waals surface area contributed by atoms with Crippen molar-refractivity contribution in [3.05, 3.63) is 11.6 Å². The molecule has 0 bridgehead atoms. The van der Waals surface area contributed by atoms with E-state index >= 15 is 0 Å². The number of rotatable bonds is 3. The predicted octanol–water partition coefficient (Wildman–Crippen LogP) is 1.04. The fourth-order valence-corrected chi connectivity index (χ4v) is 4.19. The summed E-state index contributed by atoms with van der Waals surface area (Å²) in [6.45, 7) is 0. The zero-order valence-electron chi connectivity index (χ0n) is 11.6. The molecule has 1 aliphatic heterocycles. The van der Waals surface area contributed by atoms with Crippen molar-refractivity contribution in [3.8, 4) is 0 Å². The Hall–Kier alpha value is -1.13. The maximum Gasteiger partial charge on any atom is 0.419 e. The molecule has 0 radical (unpaired) electrons. The van der Waals surface area contributed by atoms with E-state index in [1.165, 1.54) is 7.05 Å². The summed E-state index contributed by atoms with van der Waals surface area (Å²) in [5.41, 5.74) is -0.878. The van der Waals surface area contributed by atoms with Crippen LogP contribution in [0, 0.1) is 5.92 Å². The highest BCUT2D eigenvalue weighted by atomic mass is 32.2. The van der Waals surface area contributed by atoms with E-state index in [2.05, 4.69) is 4.72 Å². The summed E-state index contributed by atoms with van der Waals surface area (Å²) in [6.07, 6.45) is -6.76. The average molecular weight is 343 g/mol. The van der Waals surface area contributed by atoms with Crippen LogP contribution in [0.2, 0.25) is 0 Å². The van der Waals surface area contributed by atoms with Crippen molar-refractivity contribution in [1.82, 2.24) is 4.72 Å². The van der Waals surface area contributed by atoms with E-state index in [0.717, 1.165) is 6.08 Å². The molecular formula is C12H16F3NO5S. The highest BCUT2D eigenvalue weighted by Crippen LogP contribution is 2.41. The van der Waals surface area contributed by atoms with Crippen molar-refractivity contribution >= 4 is 16.0 Å². The van der Waals surface area contributed by atoms with Crippen molar-refractivity contribution in [2.45, 2.75) is 42.9 Å². The summed E-state index contributed by atoms with van der Waals surface area (Å²) in [6, 6.07) is 0. The Morgan fingerprint density at radius 1 is 1.41 bits per heavy atom. The zero-order valence-corrected chi connectivity index (χ0v) is 12.4. The molecule has 126 valence electrons. The van der Waals surface area contributed by atoms with Gasteiger partial charge in [-0.1, -0.05) is 6.08 Å². The summed E-state index contributed by atoms with van der Waals surface area (Å²) >= 11 is 0. The molecule has 6 nitrogen and oxygen atoms in total. The van der Waals surface area contributed by atoms with Crippen LogP contribution in [0.25, 0.3) is 0 Å². The summed E-state index contributed by atoms with van der Waals surface area (Å²) in [7, 11) is -2.30. The largest absolute Gasteiger partial charge is 0.478 e. The minimum absolute atomic E-state index is 0.0369. The van der Waals surface area contributed by atoms with Crippen LogP contribution in [0.4, 0.5) is 13.2 Å². The molecule has 0 amide bonds. The lowest BCUT2D eigenvalue weighted by Gasteiger charge is -2.40. The minimum Gasteiger partial charge on any atom is -0.478 e. The maximum absolute atomic E-state index is 12.9. The van der Waals surface area contributed by atoms with Crippen LogP contribution in [0.1, 0.15) is 19.3 Å². The fourth-order valence-electron chi connectivity index (χ4n) is 2.93. The third kappa shape index (κ3) is 3.28. The van der Waals surface area contributed by atoms with E-state index < -0.39 is 51.1 Å². The first-order valence-corrected chi connectivity index (χ1v) is 8.20. The third-order valence-electron chi connectivity index (χ3n) is 4.04.